The average molecular weight is 124 g/mol. The first-order chi connectivity index (χ1) is 4.31. The van der Waals surface area contributed by atoms with Crippen LogP contribution in [0.4, 0.5) is 0 Å². The fraction of sp³-hybridized carbons (Fsp3) is 0.286. The third-order valence-corrected chi connectivity index (χ3v) is 0.861. The summed E-state index contributed by atoms with van der Waals surface area (Å²) in [5.74, 6) is 0. The van der Waals surface area contributed by atoms with Gasteiger partial charge in [-0.05, 0) is 25.9 Å². The summed E-state index contributed by atoms with van der Waals surface area (Å²) in [6.07, 6.45) is 5.20. The Morgan fingerprint density at radius 1 is 1.67 bits per heavy atom. The molecule has 0 heterocycles. The van der Waals surface area contributed by atoms with Crippen molar-refractivity contribution >= 4 is 6.72 Å². The minimum absolute atomic E-state index is 0.285. The molecule has 50 valence electrons. The van der Waals surface area contributed by atoms with Crippen molar-refractivity contribution in [1.82, 2.24) is 5.32 Å². The van der Waals surface area contributed by atoms with Gasteiger partial charge in [0.15, 0.2) is 0 Å². The van der Waals surface area contributed by atoms with Gasteiger partial charge in [0.2, 0.25) is 0 Å². The van der Waals surface area contributed by atoms with Gasteiger partial charge in [0.05, 0.1) is 0 Å². The molecule has 1 atom stereocenters. The third kappa shape index (κ3) is 4.81. The Kier molecular flexibility index (Phi) is 4.50. The lowest BCUT2D eigenvalue weighted by Gasteiger charge is -2.02. The van der Waals surface area contributed by atoms with Gasteiger partial charge in [-0.15, -0.1) is 0 Å². The summed E-state index contributed by atoms with van der Waals surface area (Å²) < 4.78 is 0. The molecule has 0 aromatic carbocycles. The number of nitrogens with zero attached hydrogens (tertiary/aromatic N) is 1. The van der Waals surface area contributed by atoms with Crippen LogP contribution in [0, 0.1) is 0 Å². The van der Waals surface area contributed by atoms with Gasteiger partial charge in [-0.2, -0.15) is 0 Å². The summed E-state index contributed by atoms with van der Waals surface area (Å²) in [7, 11) is 0. The van der Waals surface area contributed by atoms with Gasteiger partial charge in [-0.25, -0.2) is 0 Å². The van der Waals surface area contributed by atoms with E-state index in [1.807, 2.05) is 13.0 Å². The van der Waals surface area contributed by atoms with Crippen molar-refractivity contribution in [1.29, 1.82) is 0 Å². The van der Waals surface area contributed by atoms with Crippen molar-refractivity contribution in [3.05, 3.63) is 25.1 Å². The first-order valence-corrected chi connectivity index (χ1v) is 2.80. The maximum Gasteiger partial charge on any atom is 0.0428 e. The predicted octanol–water partition coefficient (Wildman–Crippen LogP) is 1.32. The van der Waals surface area contributed by atoms with Gasteiger partial charge < -0.3 is 5.32 Å². The zero-order valence-electron chi connectivity index (χ0n) is 5.67. The van der Waals surface area contributed by atoms with Crippen LogP contribution in [0.1, 0.15) is 6.92 Å². The van der Waals surface area contributed by atoms with Crippen molar-refractivity contribution in [2.45, 2.75) is 13.0 Å². The third-order valence-electron chi connectivity index (χ3n) is 0.861. The van der Waals surface area contributed by atoms with Gasteiger partial charge in [0.1, 0.15) is 0 Å². The first kappa shape index (κ1) is 7.95. The van der Waals surface area contributed by atoms with E-state index in [4.69, 9.17) is 0 Å². The molecule has 0 aliphatic heterocycles. The van der Waals surface area contributed by atoms with E-state index in [0.717, 1.165) is 0 Å². The van der Waals surface area contributed by atoms with E-state index >= 15 is 0 Å². The molecular formula is C7H12N2. The second-order valence-electron chi connectivity index (χ2n) is 1.68. The Morgan fingerprint density at radius 3 is 2.78 bits per heavy atom. The molecule has 2 heteroatoms. The first-order valence-electron chi connectivity index (χ1n) is 2.80. The lowest BCUT2D eigenvalue weighted by atomic mass is 10.3. The Morgan fingerprint density at radius 2 is 2.33 bits per heavy atom. The average Bonchev–Trinajstić information content (AvgIpc) is 1.85. The summed E-state index contributed by atoms with van der Waals surface area (Å²) in [6, 6.07) is 0.285. The minimum Gasteiger partial charge on any atom is -0.385 e. The van der Waals surface area contributed by atoms with Crippen LogP contribution in [0.3, 0.4) is 0 Å². The van der Waals surface area contributed by atoms with Gasteiger partial charge in [0.25, 0.3) is 0 Å². The molecule has 0 fully saturated rings. The molecule has 0 bridgehead atoms. The summed E-state index contributed by atoms with van der Waals surface area (Å²) in [5.41, 5.74) is 0. The molecule has 0 aliphatic carbocycles. The van der Waals surface area contributed by atoms with Gasteiger partial charge in [-0.1, -0.05) is 6.58 Å². The van der Waals surface area contributed by atoms with Crippen molar-refractivity contribution < 1.29 is 0 Å². The van der Waals surface area contributed by atoms with E-state index in [2.05, 4.69) is 23.6 Å². The van der Waals surface area contributed by atoms with Crippen molar-refractivity contribution in [2.75, 3.05) is 0 Å². The quantitative estimate of drug-likeness (QED) is 0.562. The van der Waals surface area contributed by atoms with E-state index in [1.165, 1.54) is 0 Å². The number of hydrogen-bond acceptors (Lipinski definition) is 2. The topological polar surface area (TPSA) is 24.4 Å². The maximum atomic E-state index is 3.55. The molecule has 0 unspecified atom stereocenters. The molecule has 0 saturated heterocycles. The van der Waals surface area contributed by atoms with E-state index in [0.29, 0.717) is 0 Å². The minimum atomic E-state index is 0.285. The highest BCUT2D eigenvalue weighted by Crippen LogP contribution is 1.83. The summed E-state index contributed by atoms with van der Waals surface area (Å²) in [4.78, 5) is 3.55. The monoisotopic (exact) mass is 124 g/mol. The highest BCUT2D eigenvalue weighted by Gasteiger charge is 1.86. The van der Waals surface area contributed by atoms with Crippen LogP contribution < -0.4 is 5.32 Å². The zero-order chi connectivity index (χ0) is 7.11. The van der Waals surface area contributed by atoms with Crippen molar-refractivity contribution in [3.63, 3.8) is 0 Å². The fourth-order valence-corrected chi connectivity index (χ4v) is 0.431. The lowest BCUT2D eigenvalue weighted by Crippen LogP contribution is -2.16. The molecule has 2 nitrogen and oxygen atoms in total. The number of hydrogen-bond donors (Lipinski definition) is 1. The summed E-state index contributed by atoms with van der Waals surface area (Å²) in [6.45, 7) is 8.82. The highest BCUT2D eigenvalue weighted by molar-refractivity contribution is 5.25. The fourth-order valence-electron chi connectivity index (χ4n) is 0.431. The van der Waals surface area contributed by atoms with Crippen LogP contribution in [-0.4, -0.2) is 12.8 Å². The Hall–Kier alpha value is -1.05. The Bertz CT molecular complexity index is 116. The molecule has 0 rings (SSSR count). The van der Waals surface area contributed by atoms with Crippen LogP contribution in [0.2, 0.25) is 0 Å². The van der Waals surface area contributed by atoms with Crippen LogP contribution >= 0.6 is 0 Å². The molecule has 0 aliphatic rings. The molecule has 1 N–H and O–H groups in total. The molecule has 9 heavy (non-hydrogen) atoms. The largest absolute Gasteiger partial charge is 0.385 e. The van der Waals surface area contributed by atoms with Crippen LogP contribution in [0.25, 0.3) is 0 Å². The smallest absolute Gasteiger partial charge is 0.0428 e. The molecule has 0 aromatic heterocycles. The Labute approximate surface area is 56.0 Å². The van der Waals surface area contributed by atoms with Crippen LogP contribution in [0.15, 0.2) is 30.0 Å². The zero-order valence-corrected chi connectivity index (χ0v) is 5.67. The summed E-state index contributed by atoms with van der Waals surface area (Å²) in [5, 5.41) is 2.97. The van der Waals surface area contributed by atoms with Crippen LogP contribution in [0.5, 0.6) is 0 Å². The molecule has 0 aromatic rings. The van der Waals surface area contributed by atoms with Crippen molar-refractivity contribution in [3.8, 4) is 0 Å². The molecular weight excluding hydrogens is 112 g/mol. The van der Waals surface area contributed by atoms with Gasteiger partial charge >= 0.3 is 0 Å². The maximum absolute atomic E-state index is 3.55. The number of rotatable bonds is 4. The molecule has 0 radical (unpaired) electrons. The second kappa shape index (κ2) is 5.09. The summed E-state index contributed by atoms with van der Waals surface area (Å²) >= 11 is 0. The van der Waals surface area contributed by atoms with Gasteiger partial charge in [0, 0.05) is 12.2 Å². The van der Waals surface area contributed by atoms with Crippen molar-refractivity contribution in [2.24, 2.45) is 4.99 Å². The predicted molar refractivity (Wildman–Crippen MR) is 41.5 cm³/mol. The SMILES string of the molecule is C=CN[C@@H](C)/C=C/N=C. The number of nitrogens with one attached hydrogen (secondary N) is 1. The van der Waals surface area contributed by atoms with E-state index in [1.54, 1.807) is 12.4 Å². The standard InChI is InChI=1S/C7H12N2/c1-4-9-7(2)5-6-8-3/h4-7,9H,1,3H2,2H3/b6-5+/t7-/m0/s1. The number of aliphatic imine (C=N–C) groups is 1. The molecule has 0 spiro atoms. The van der Waals surface area contributed by atoms with Crippen LogP contribution in [-0.2, 0) is 0 Å². The molecule has 0 saturated carbocycles. The normalized spacial score (nSPS) is 13.0. The highest BCUT2D eigenvalue weighted by atomic mass is 14.9. The second-order valence-corrected chi connectivity index (χ2v) is 1.68. The van der Waals surface area contributed by atoms with E-state index in [-0.39, 0.29) is 6.04 Å². The van der Waals surface area contributed by atoms with Gasteiger partial charge in [-0.3, -0.25) is 4.99 Å². The Balaban J connectivity index is 3.47. The lowest BCUT2D eigenvalue weighted by molar-refractivity contribution is 0.770. The van der Waals surface area contributed by atoms with E-state index in [9.17, 15) is 0 Å². The van der Waals surface area contributed by atoms with E-state index < -0.39 is 0 Å². The molecule has 0 amide bonds.